The van der Waals surface area contributed by atoms with Crippen molar-refractivity contribution < 1.29 is 13.9 Å². The molecule has 1 aromatic heterocycles. The molecule has 1 N–H and O–H groups in total. The normalized spacial score (nSPS) is 25.6. The third-order valence-electron chi connectivity index (χ3n) is 4.31. The van der Waals surface area contributed by atoms with Crippen molar-refractivity contribution >= 4 is 11.0 Å². The van der Waals surface area contributed by atoms with Crippen molar-refractivity contribution in [3.8, 4) is 0 Å². The molecule has 0 aliphatic heterocycles. The van der Waals surface area contributed by atoms with E-state index in [0.717, 1.165) is 37.0 Å². The molecule has 3 heteroatoms. The zero-order valence-electron chi connectivity index (χ0n) is 11.1. The summed E-state index contributed by atoms with van der Waals surface area (Å²) in [4.78, 5) is 0. The van der Waals surface area contributed by atoms with E-state index in [1.165, 1.54) is 6.07 Å². The van der Waals surface area contributed by atoms with Crippen LogP contribution in [-0.4, -0.2) is 5.11 Å². The number of hydrogen-bond acceptors (Lipinski definition) is 2. The van der Waals surface area contributed by atoms with Gasteiger partial charge in [-0.3, -0.25) is 0 Å². The van der Waals surface area contributed by atoms with E-state index in [-0.39, 0.29) is 17.3 Å². The Balaban J connectivity index is 1.85. The molecule has 0 saturated heterocycles. The van der Waals surface area contributed by atoms with E-state index in [2.05, 4.69) is 6.92 Å². The number of furan rings is 1. The molecular weight excluding hydrogens is 243 g/mol. The average Bonchev–Trinajstić information content (AvgIpc) is 2.84. The van der Waals surface area contributed by atoms with Crippen LogP contribution < -0.4 is 0 Å². The van der Waals surface area contributed by atoms with Crippen LogP contribution in [0.2, 0.25) is 0 Å². The Morgan fingerprint density at radius 1 is 1.26 bits per heavy atom. The van der Waals surface area contributed by atoms with Gasteiger partial charge in [0.25, 0.3) is 0 Å². The van der Waals surface area contributed by atoms with Crippen LogP contribution in [0.25, 0.3) is 11.0 Å². The topological polar surface area (TPSA) is 33.4 Å². The lowest BCUT2D eigenvalue weighted by Gasteiger charge is -2.28. The summed E-state index contributed by atoms with van der Waals surface area (Å²) in [5.41, 5.74) is 0.251. The number of hydrogen-bond donors (Lipinski definition) is 1. The smallest absolute Gasteiger partial charge is 0.170 e. The monoisotopic (exact) mass is 262 g/mol. The van der Waals surface area contributed by atoms with Crippen molar-refractivity contribution in [1.29, 1.82) is 0 Å². The Kier molecular flexibility index (Phi) is 3.31. The van der Waals surface area contributed by atoms with Crippen LogP contribution in [0.3, 0.4) is 0 Å². The van der Waals surface area contributed by atoms with Gasteiger partial charge in [0.15, 0.2) is 11.4 Å². The summed E-state index contributed by atoms with van der Waals surface area (Å²) >= 11 is 0. The zero-order valence-corrected chi connectivity index (χ0v) is 11.1. The highest BCUT2D eigenvalue weighted by Crippen LogP contribution is 2.38. The lowest BCUT2D eigenvalue weighted by molar-refractivity contribution is 0.0587. The highest BCUT2D eigenvalue weighted by atomic mass is 19.1. The van der Waals surface area contributed by atoms with Gasteiger partial charge in [0.1, 0.15) is 11.9 Å². The molecule has 102 valence electrons. The van der Waals surface area contributed by atoms with Crippen molar-refractivity contribution in [3.63, 3.8) is 0 Å². The predicted octanol–water partition coefficient (Wildman–Crippen LogP) is 4.43. The van der Waals surface area contributed by atoms with E-state index in [1.54, 1.807) is 18.2 Å². The second-order valence-electron chi connectivity index (χ2n) is 5.77. The maximum Gasteiger partial charge on any atom is 0.170 e. The zero-order chi connectivity index (χ0) is 13.4. The van der Waals surface area contributed by atoms with Crippen molar-refractivity contribution in [2.24, 2.45) is 11.8 Å². The molecule has 0 spiro atoms. The number of benzene rings is 1. The van der Waals surface area contributed by atoms with E-state index >= 15 is 0 Å². The molecule has 2 nitrogen and oxygen atoms in total. The lowest BCUT2D eigenvalue weighted by Crippen LogP contribution is -2.18. The van der Waals surface area contributed by atoms with E-state index in [9.17, 15) is 9.50 Å². The maximum atomic E-state index is 13.6. The first-order valence-electron chi connectivity index (χ1n) is 7.01. The van der Waals surface area contributed by atoms with Gasteiger partial charge in [-0.1, -0.05) is 31.9 Å². The molecule has 0 bridgehead atoms. The predicted molar refractivity (Wildman–Crippen MR) is 72.3 cm³/mol. The lowest BCUT2D eigenvalue weighted by atomic mass is 9.79. The molecule has 1 aliphatic carbocycles. The second-order valence-corrected chi connectivity index (χ2v) is 5.77. The summed E-state index contributed by atoms with van der Waals surface area (Å²) < 4.78 is 19.1. The first kappa shape index (κ1) is 12.7. The van der Waals surface area contributed by atoms with Gasteiger partial charge in [-0.25, -0.2) is 4.39 Å². The third kappa shape index (κ3) is 2.39. The van der Waals surface area contributed by atoms with Gasteiger partial charge >= 0.3 is 0 Å². The number of halogens is 1. The molecule has 3 rings (SSSR count). The summed E-state index contributed by atoms with van der Waals surface area (Å²) in [6.07, 6.45) is 3.72. The summed E-state index contributed by atoms with van der Waals surface area (Å²) in [5.74, 6) is 1.12. The van der Waals surface area contributed by atoms with Crippen molar-refractivity contribution in [2.45, 2.75) is 38.7 Å². The van der Waals surface area contributed by atoms with Crippen LogP contribution >= 0.6 is 0 Å². The number of rotatable bonds is 2. The summed E-state index contributed by atoms with van der Waals surface area (Å²) in [7, 11) is 0. The van der Waals surface area contributed by atoms with Crippen LogP contribution in [0.4, 0.5) is 4.39 Å². The third-order valence-corrected chi connectivity index (χ3v) is 4.31. The molecule has 2 aromatic rings. The van der Waals surface area contributed by atoms with E-state index < -0.39 is 6.10 Å². The van der Waals surface area contributed by atoms with Crippen LogP contribution in [-0.2, 0) is 0 Å². The van der Waals surface area contributed by atoms with Crippen LogP contribution in [0.15, 0.2) is 28.7 Å². The molecule has 1 aliphatic rings. The quantitative estimate of drug-likeness (QED) is 0.868. The Hall–Kier alpha value is -1.35. The Morgan fingerprint density at radius 3 is 2.68 bits per heavy atom. The van der Waals surface area contributed by atoms with E-state index in [0.29, 0.717) is 5.76 Å². The molecule has 19 heavy (non-hydrogen) atoms. The number of aliphatic hydroxyl groups excluding tert-OH is 1. The summed E-state index contributed by atoms with van der Waals surface area (Å²) in [6.45, 7) is 2.25. The number of para-hydroxylation sites is 1. The van der Waals surface area contributed by atoms with Gasteiger partial charge in [-0.05, 0) is 36.8 Å². The standard InChI is InChI=1S/C16H19FO2/c1-10-5-7-11(8-6-10)15(18)14-9-12-3-2-4-13(17)16(12)19-14/h2-4,9-11,15,18H,5-8H2,1H3. The molecule has 0 amide bonds. The van der Waals surface area contributed by atoms with Gasteiger partial charge in [0.2, 0.25) is 0 Å². The van der Waals surface area contributed by atoms with Gasteiger partial charge in [0, 0.05) is 5.39 Å². The molecule has 1 heterocycles. The van der Waals surface area contributed by atoms with Gasteiger partial charge in [-0.15, -0.1) is 0 Å². The molecule has 1 fully saturated rings. The molecule has 1 atom stereocenters. The molecule has 1 aromatic carbocycles. The first-order valence-corrected chi connectivity index (χ1v) is 7.01. The van der Waals surface area contributed by atoms with Crippen LogP contribution in [0, 0.1) is 17.7 Å². The average molecular weight is 262 g/mol. The van der Waals surface area contributed by atoms with Crippen molar-refractivity contribution in [1.82, 2.24) is 0 Å². The largest absolute Gasteiger partial charge is 0.455 e. The SMILES string of the molecule is CC1CCC(C(O)c2cc3cccc(F)c3o2)CC1. The number of fused-ring (bicyclic) bond motifs is 1. The minimum Gasteiger partial charge on any atom is -0.455 e. The Morgan fingerprint density at radius 2 is 2.00 bits per heavy atom. The fourth-order valence-corrected chi connectivity index (χ4v) is 3.03. The van der Waals surface area contributed by atoms with Crippen molar-refractivity contribution in [2.75, 3.05) is 0 Å². The van der Waals surface area contributed by atoms with Crippen molar-refractivity contribution in [3.05, 3.63) is 35.8 Å². The summed E-state index contributed by atoms with van der Waals surface area (Å²) in [5, 5.41) is 11.1. The van der Waals surface area contributed by atoms with E-state index in [4.69, 9.17) is 4.42 Å². The summed E-state index contributed by atoms with van der Waals surface area (Å²) in [6, 6.07) is 6.61. The number of aliphatic hydroxyl groups is 1. The molecular formula is C16H19FO2. The molecule has 0 radical (unpaired) electrons. The Labute approximate surface area is 112 Å². The fourth-order valence-electron chi connectivity index (χ4n) is 3.03. The minimum absolute atomic E-state index is 0.236. The second kappa shape index (κ2) is 4.97. The van der Waals surface area contributed by atoms with E-state index in [1.807, 2.05) is 0 Å². The highest BCUT2D eigenvalue weighted by Gasteiger charge is 2.28. The van der Waals surface area contributed by atoms with Gasteiger partial charge in [-0.2, -0.15) is 0 Å². The van der Waals surface area contributed by atoms with Crippen LogP contribution in [0.5, 0.6) is 0 Å². The van der Waals surface area contributed by atoms with Gasteiger partial charge in [0.05, 0.1) is 0 Å². The molecule has 1 saturated carbocycles. The first-order chi connectivity index (χ1) is 9.15. The van der Waals surface area contributed by atoms with Crippen LogP contribution in [0.1, 0.15) is 44.5 Å². The fraction of sp³-hybridized carbons (Fsp3) is 0.500. The maximum absolute atomic E-state index is 13.6. The molecule has 1 unspecified atom stereocenters. The van der Waals surface area contributed by atoms with Gasteiger partial charge < -0.3 is 9.52 Å². The minimum atomic E-state index is -0.612. The highest BCUT2D eigenvalue weighted by molar-refractivity contribution is 5.78. The Bertz CT molecular complexity index is 567.